The molecule has 90 valence electrons. The molecule has 1 atom stereocenters. The van der Waals surface area contributed by atoms with E-state index in [0.29, 0.717) is 0 Å². The maximum absolute atomic E-state index is 12.8. The highest BCUT2D eigenvalue weighted by atomic mass is 35.5. The molecule has 1 unspecified atom stereocenters. The van der Waals surface area contributed by atoms with E-state index in [2.05, 4.69) is 4.72 Å². The predicted molar refractivity (Wildman–Crippen MR) is 60.2 cm³/mol. The summed E-state index contributed by atoms with van der Waals surface area (Å²) in [7, 11) is -3.69. The highest BCUT2D eigenvalue weighted by molar-refractivity contribution is 7.89. The summed E-state index contributed by atoms with van der Waals surface area (Å²) in [5, 5.41) is -0.233. The van der Waals surface area contributed by atoms with Crippen molar-refractivity contribution in [3.63, 3.8) is 0 Å². The van der Waals surface area contributed by atoms with Crippen LogP contribution in [0.1, 0.15) is 6.92 Å². The van der Waals surface area contributed by atoms with Gasteiger partial charge in [-0.05, 0) is 25.1 Å². The van der Waals surface area contributed by atoms with E-state index in [-0.39, 0.29) is 16.5 Å². The fraction of sp³-hybridized carbons (Fsp3) is 0.333. The first-order valence-corrected chi connectivity index (χ1v) is 6.40. The van der Waals surface area contributed by atoms with Crippen LogP contribution in [-0.4, -0.2) is 21.0 Å². The van der Waals surface area contributed by atoms with Gasteiger partial charge in [-0.15, -0.1) is 0 Å². The van der Waals surface area contributed by atoms with E-state index in [4.69, 9.17) is 17.3 Å². The number of rotatable bonds is 4. The van der Waals surface area contributed by atoms with E-state index >= 15 is 0 Å². The number of hydrogen-bond donors (Lipinski definition) is 2. The molecule has 0 aliphatic carbocycles. The van der Waals surface area contributed by atoms with Crippen molar-refractivity contribution in [2.24, 2.45) is 5.73 Å². The van der Waals surface area contributed by atoms with Gasteiger partial charge in [0.2, 0.25) is 10.0 Å². The Kier molecular flexibility index (Phi) is 4.26. The van der Waals surface area contributed by atoms with Crippen LogP contribution in [0.5, 0.6) is 0 Å². The molecule has 0 heterocycles. The molecule has 0 amide bonds. The van der Waals surface area contributed by atoms with Crippen LogP contribution in [0.4, 0.5) is 4.39 Å². The average molecular weight is 267 g/mol. The van der Waals surface area contributed by atoms with Gasteiger partial charge in [0, 0.05) is 12.6 Å². The number of benzene rings is 1. The number of nitrogens with one attached hydrogen (secondary N) is 1. The van der Waals surface area contributed by atoms with Gasteiger partial charge in [-0.3, -0.25) is 0 Å². The summed E-state index contributed by atoms with van der Waals surface area (Å²) >= 11 is 5.50. The zero-order chi connectivity index (χ0) is 12.3. The average Bonchev–Trinajstić information content (AvgIpc) is 2.21. The largest absolute Gasteiger partial charge is 0.329 e. The Morgan fingerprint density at radius 3 is 2.69 bits per heavy atom. The zero-order valence-electron chi connectivity index (χ0n) is 8.57. The van der Waals surface area contributed by atoms with Crippen molar-refractivity contribution in [2.75, 3.05) is 6.54 Å². The first-order chi connectivity index (χ1) is 7.36. The summed E-state index contributed by atoms with van der Waals surface area (Å²) in [5.41, 5.74) is 5.30. The lowest BCUT2D eigenvalue weighted by Crippen LogP contribution is -2.37. The molecule has 7 heteroatoms. The number of halogens is 2. The van der Waals surface area contributed by atoms with Crippen molar-refractivity contribution in [2.45, 2.75) is 17.9 Å². The van der Waals surface area contributed by atoms with Crippen molar-refractivity contribution in [1.29, 1.82) is 0 Å². The maximum atomic E-state index is 12.8. The van der Waals surface area contributed by atoms with E-state index in [9.17, 15) is 12.8 Å². The molecule has 0 bridgehead atoms. The molecule has 0 aliphatic rings. The Hall–Kier alpha value is -0.690. The van der Waals surface area contributed by atoms with E-state index in [1.54, 1.807) is 6.92 Å². The van der Waals surface area contributed by atoms with Gasteiger partial charge in [0.05, 0.1) is 9.92 Å². The second-order valence-corrected chi connectivity index (χ2v) is 5.46. The van der Waals surface area contributed by atoms with E-state index in [1.165, 1.54) is 0 Å². The SMILES string of the molecule is CC(CN)NS(=O)(=O)c1ccc(F)c(Cl)c1. The Balaban J connectivity index is 3.03. The summed E-state index contributed by atoms with van der Waals surface area (Å²) < 4.78 is 38.6. The zero-order valence-corrected chi connectivity index (χ0v) is 10.1. The topological polar surface area (TPSA) is 72.2 Å². The Morgan fingerprint density at radius 1 is 1.56 bits per heavy atom. The molecule has 0 radical (unpaired) electrons. The van der Waals surface area contributed by atoms with Crippen molar-refractivity contribution in [1.82, 2.24) is 4.72 Å². The number of nitrogens with two attached hydrogens (primary N) is 1. The van der Waals surface area contributed by atoms with Gasteiger partial charge in [-0.25, -0.2) is 17.5 Å². The predicted octanol–water partition coefficient (Wildman–Crippen LogP) is 1.10. The minimum absolute atomic E-state index is 0.0841. The minimum atomic E-state index is -3.69. The number of sulfonamides is 1. The molecule has 0 fully saturated rings. The van der Waals surface area contributed by atoms with Gasteiger partial charge in [-0.2, -0.15) is 0 Å². The van der Waals surface area contributed by atoms with Crippen molar-refractivity contribution >= 4 is 21.6 Å². The van der Waals surface area contributed by atoms with Gasteiger partial charge in [0.15, 0.2) is 0 Å². The molecule has 4 nitrogen and oxygen atoms in total. The van der Waals surface area contributed by atoms with Gasteiger partial charge in [0.1, 0.15) is 5.82 Å². The third-order valence-corrected chi connectivity index (χ3v) is 3.79. The Labute approximate surface area is 98.6 Å². The molecule has 1 aromatic rings. The number of hydrogen-bond acceptors (Lipinski definition) is 3. The normalized spacial score (nSPS) is 13.8. The lowest BCUT2D eigenvalue weighted by molar-refractivity contribution is 0.562. The van der Waals surface area contributed by atoms with Crippen LogP contribution in [0.3, 0.4) is 0 Å². The van der Waals surface area contributed by atoms with Gasteiger partial charge >= 0.3 is 0 Å². The smallest absolute Gasteiger partial charge is 0.240 e. The van der Waals surface area contributed by atoms with Gasteiger partial charge in [0.25, 0.3) is 0 Å². The first kappa shape index (κ1) is 13.4. The standard InChI is InChI=1S/C9H12ClFN2O2S/c1-6(5-12)13-16(14,15)7-2-3-9(11)8(10)4-7/h2-4,6,13H,5,12H2,1H3. The van der Waals surface area contributed by atoms with Crippen LogP contribution in [0, 0.1) is 5.82 Å². The fourth-order valence-electron chi connectivity index (χ4n) is 1.03. The molecule has 0 spiro atoms. The van der Waals surface area contributed by atoms with Crippen LogP contribution in [0.25, 0.3) is 0 Å². The van der Waals surface area contributed by atoms with Crippen LogP contribution in [-0.2, 0) is 10.0 Å². The van der Waals surface area contributed by atoms with Crippen molar-refractivity contribution in [3.8, 4) is 0 Å². The quantitative estimate of drug-likeness (QED) is 0.857. The monoisotopic (exact) mass is 266 g/mol. The summed E-state index contributed by atoms with van der Waals surface area (Å²) in [6.07, 6.45) is 0. The van der Waals surface area contributed by atoms with Crippen LogP contribution >= 0.6 is 11.6 Å². The summed E-state index contributed by atoms with van der Waals surface area (Å²) in [4.78, 5) is -0.0841. The highest BCUT2D eigenvalue weighted by Gasteiger charge is 2.17. The second-order valence-electron chi connectivity index (χ2n) is 3.33. The third-order valence-electron chi connectivity index (χ3n) is 1.91. The summed E-state index contributed by atoms with van der Waals surface area (Å²) in [6.45, 7) is 1.80. The van der Waals surface area contributed by atoms with Crippen molar-refractivity contribution in [3.05, 3.63) is 29.0 Å². The third kappa shape index (κ3) is 3.15. The molecule has 0 aromatic heterocycles. The van der Waals surface area contributed by atoms with E-state index in [0.717, 1.165) is 18.2 Å². The fourth-order valence-corrected chi connectivity index (χ4v) is 2.55. The summed E-state index contributed by atoms with van der Waals surface area (Å²) in [6, 6.07) is 2.81. The molecular formula is C9H12ClFN2O2S. The molecule has 0 saturated carbocycles. The first-order valence-electron chi connectivity index (χ1n) is 4.54. The molecular weight excluding hydrogens is 255 g/mol. The van der Waals surface area contributed by atoms with Crippen LogP contribution < -0.4 is 10.5 Å². The molecule has 16 heavy (non-hydrogen) atoms. The van der Waals surface area contributed by atoms with E-state index < -0.39 is 21.9 Å². The lowest BCUT2D eigenvalue weighted by atomic mass is 10.3. The lowest BCUT2D eigenvalue weighted by Gasteiger charge is -2.12. The summed E-state index contributed by atoms with van der Waals surface area (Å²) in [5.74, 6) is -0.660. The van der Waals surface area contributed by atoms with Crippen molar-refractivity contribution < 1.29 is 12.8 Å². The minimum Gasteiger partial charge on any atom is -0.329 e. The molecule has 0 saturated heterocycles. The van der Waals surface area contributed by atoms with Gasteiger partial charge in [-0.1, -0.05) is 11.6 Å². The van der Waals surface area contributed by atoms with Crippen LogP contribution in [0.2, 0.25) is 5.02 Å². The Morgan fingerprint density at radius 2 is 2.19 bits per heavy atom. The Bertz CT molecular complexity index is 478. The second kappa shape index (κ2) is 5.09. The van der Waals surface area contributed by atoms with Gasteiger partial charge < -0.3 is 5.73 Å². The molecule has 3 N–H and O–H groups in total. The van der Waals surface area contributed by atoms with Crippen LogP contribution in [0.15, 0.2) is 23.1 Å². The molecule has 0 aliphatic heterocycles. The van der Waals surface area contributed by atoms with E-state index in [1.807, 2.05) is 0 Å². The highest BCUT2D eigenvalue weighted by Crippen LogP contribution is 2.19. The molecule has 1 aromatic carbocycles. The molecule has 1 rings (SSSR count). The maximum Gasteiger partial charge on any atom is 0.240 e.